The van der Waals surface area contributed by atoms with Gasteiger partial charge in [-0.2, -0.15) is 5.10 Å². The highest BCUT2D eigenvalue weighted by molar-refractivity contribution is 5.52. The van der Waals surface area contributed by atoms with Crippen molar-refractivity contribution in [1.82, 2.24) is 9.78 Å². The number of nitrogens with zero attached hydrogens (tertiary/aromatic N) is 3. The van der Waals surface area contributed by atoms with E-state index in [-0.39, 0.29) is 17.3 Å². The summed E-state index contributed by atoms with van der Waals surface area (Å²) in [5.41, 5.74) is 5.98. The minimum Gasteiger partial charge on any atom is -0.494 e. The fraction of sp³-hybridized carbons (Fsp3) is 0.250. The third-order valence-corrected chi connectivity index (χ3v) is 3.04. The molecule has 2 rings (SSSR count). The van der Waals surface area contributed by atoms with Crippen molar-refractivity contribution in [2.24, 2.45) is 0 Å². The quantitative estimate of drug-likeness (QED) is 0.683. The van der Waals surface area contributed by atoms with Crippen molar-refractivity contribution in [3.63, 3.8) is 0 Å². The summed E-state index contributed by atoms with van der Waals surface area (Å²) in [6.45, 7) is 1.72. The molecule has 0 saturated carbocycles. The van der Waals surface area contributed by atoms with Gasteiger partial charge in [-0.05, 0) is 24.6 Å². The van der Waals surface area contributed by atoms with Crippen LogP contribution in [0.3, 0.4) is 0 Å². The van der Waals surface area contributed by atoms with E-state index in [0.29, 0.717) is 5.56 Å². The molecule has 0 fully saturated rings. The molecule has 8 heteroatoms. The molecule has 0 aliphatic heterocycles. The number of benzene rings is 1. The maximum absolute atomic E-state index is 13.7. The van der Waals surface area contributed by atoms with Crippen molar-refractivity contribution in [3.05, 3.63) is 45.9 Å². The van der Waals surface area contributed by atoms with E-state index < -0.39 is 16.8 Å². The topological polar surface area (TPSA) is 96.2 Å². The molecule has 0 amide bonds. The van der Waals surface area contributed by atoms with E-state index in [2.05, 4.69) is 5.10 Å². The minimum absolute atomic E-state index is 0.0706. The molecule has 106 valence electrons. The fourth-order valence-electron chi connectivity index (χ4n) is 1.90. The lowest BCUT2D eigenvalue weighted by Crippen LogP contribution is -2.12. The molecule has 0 aliphatic carbocycles. The second kappa shape index (κ2) is 5.16. The van der Waals surface area contributed by atoms with E-state index in [4.69, 9.17) is 10.5 Å². The number of nitrogens with two attached hydrogens (primary N) is 1. The Labute approximate surface area is 113 Å². The first-order valence-electron chi connectivity index (χ1n) is 5.76. The van der Waals surface area contributed by atoms with Gasteiger partial charge in [-0.15, -0.1) is 0 Å². The number of nitro groups is 1. The first kappa shape index (κ1) is 13.8. The largest absolute Gasteiger partial charge is 0.494 e. The van der Waals surface area contributed by atoms with Crippen LogP contribution >= 0.6 is 0 Å². The summed E-state index contributed by atoms with van der Waals surface area (Å²) < 4.78 is 19.8. The van der Waals surface area contributed by atoms with E-state index in [9.17, 15) is 14.5 Å². The van der Waals surface area contributed by atoms with Gasteiger partial charge in [0.15, 0.2) is 11.6 Å². The van der Waals surface area contributed by atoms with Crippen molar-refractivity contribution >= 4 is 11.5 Å². The van der Waals surface area contributed by atoms with E-state index in [0.717, 1.165) is 6.20 Å². The van der Waals surface area contributed by atoms with Crippen LogP contribution in [0.4, 0.5) is 15.9 Å². The third-order valence-electron chi connectivity index (χ3n) is 3.04. The molecule has 0 spiro atoms. The maximum atomic E-state index is 13.7. The number of nitrogen functional groups attached to an aromatic ring is 1. The number of rotatable bonds is 4. The lowest BCUT2D eigenvalue weighted by atomic mass is 10.1. The lowest BCUT2D eigenvalue weighted by Gasteiger charge is -2.14. The standard InChI is InChI=1S/C12H13FN4O3/c1-7(8-3-4-11(20-2)9(13)5-8)16-12(14)10(6-15-16)17(18)19/h3-7H,14H2,1-2H3. The van der Waals surface area contributed by atoms with Crippen LogP contribution in [0.5, 0.6) is 5.75 Å². The van der Waals surface area contributed by atoms with Crippen molar-refractivity contribution in [1.29, 1.82) is 0 Å². The van der Waals surface area contributed by atoms with E-state index in [1.165, 1.54) is 23.9 Å². The van der Waals surface area contributed by atoms with Crippen molar-refractivity contribution < 1.29 is 14.1 Å². The fourth-order valence-corrected chi connectivity index (χ4v) is 1.90. The zero-order valence-corrected chi connectivity index (χ0v) is 10.9. The molecule has 20 heavy (non-hydrogen) atoms. The van der Waals surface area contributed by atoms with Crippen molar-refractivity contribution in [3.8, 4) is 5.75 Å². The molecule has 1 atom stereocenters. The summed E-state index contributed by atoms with van der Waals surface area (Å²) in [7, 11) is 1.37. The SMILES string of the molecule is COc1ccc(C(C)n2ncc([N+](=O)[O-])c2N)cc1F. The van der Waals surface area contributed by atoms with Crippen LogP contribution in [0.15, 0.2) is 24.4 Å². The molecule has 1 heterocycles. The Morgan fingerprint density at radius 3 is 2.75 bits per heavy atom. The molecule has 0 radical (unpaired) electrons. The van der Waals surface area contributed by atoms with Gasteiger partial charge in [0.1, 0.15) is 6.20 Å². The Morgan fingerprint density at radius 2 is 2.25 bits per heavy atom. The molecular weight excluding hydrogens is 267 g/mol. The Kier molecular flexibility index (Phi) is 3.55. The van der Waals surface area contributed by atoms with Crippen LogP contribution in [-0.2, 0) is 0 Å². The van der Waals surface area contributed by atoms with Crippen molar-refractivity contribution in [2.75, 3.05) is 12.8 Å². The summed E-state index contributed by atoms with van der Waals surface area (Å²) in [5, 5.41) is 14.6. The smallest absolute Gasteiger partial charge is 0.330 e. The number of halogens is 1. The van der Waals surface area contributed by atoms with Crippen LogP contribution < -0.4 is 10.5 Å². The Balaban J connectivity index is 2.38. The predicted molar refractivity (Wildman–Crippen MR) is 70.1 cm³/mol. The van der Waals surface area contributed by atoms with Gasteiger partial charge >= 0.3 is 5.69 Å². The lowest BCUT2D eigenvalue weighted by molar-refractivity contribution is -0.384. The molecule has 1 unspecified atom stereocenters. The number of ether oxygens (including phenoxy) is 1. The van der Waals surface area contributed by atoms with E-state index in [1.54, 1.807) is 13.0 Å². The van der Waals surface area contributed by atoms with Crippen molar-refractivity contribution in [2.45, 2.75) is 13.0 Å². The van der Waals surface area contributed by atoms with Gasteiger partial charge < -0.3 is 10.5 Å². The van der Waals surface area contributed by atoms with E-state index >= 15 is 0 Å². The molecule has 2 aromatic rings. The highest BCUT2D eigenvalue weighted by atomic mass is 19.1. The van der Waals surface area contributed by atoms with Gasteiger partial charge in [-0.3, -0.25) is 10.1 Å². The number of aromatic nitrogens is 2. The first-order chi connectivity index (χ1) is 9.45. The van der Waals surface area contributed by atoms with Crippen LogP contribution in [0.1, 0.15) is 18.5 Å². The van der Waals surface area contributed by atoms with Gasteiger partial charge in [0, 0.05) is 0 Å². The summed E-state index contributed by atoms with van der Waals surface area (Å²) in [6.07, 6.45) is 1.08. The Hall–Kier alpha value is -2.64. The van der Waals surface area contributed by atoms with Gasteiger partial charge in [-0.1, -0.05) is 6.07 Å². The second-order valence-electron chi connectivity index (χ2n) is 4.19. The normalized spacial score (nSPS) is 12.2. The van der Waals surface area contributed by atoms with Gasteiger partial charge in [-0.25, -0.2) is 9.07 Å². The summed E-state index contributed by atoms with van der Waals surface area (Å²) in [6, 6.07) is 3.98. The summed E-state index contributed by atoms with van der Waals surface area (Å²) in [4.78, 5) is 10.1. The third kappa shape index (κ3) is 2.27. The molecule has 1 aromatic carbocycles. The summed E-state index contributed by atoms with van der Waals surface area (Å²) >= 11 is 0. The molecule has 1 aromatic heterocycles. The molecule has 0 saturated heterocycles. The van der Waals surface area contributed by atoms with Crippen LogP contribution in [0.2, 0.25) is 0 Å². The zero-order chi connectivity index (χ0) is 14.9. The zero-order valence-electron chi connectivity index (χ0n) is 10.9. The van der Waals surface area contributed by atoms with E-state index in [1.807, 2.05) is 0 Å². The molecular formula is C12H13FN4O3. The maximum Gasteiger partial charge on any atom is 0.330 e. The molecule has 7 nitrogen and oxygen atoms in total. The monoisotopic (exact) mass is 280 g/mol. The van der Waals surface area contributed by atoms with Crippen LogP contribution in [0, 0.1) is 15.9 Å². The van der Waals surface area contributed by atoms with Crippen LogP contribution in [-0.4, -0.2) is 21.8 Å². The number of anilines is 1. The second-order valence-corrected chi connectivity index (χ2v) is 4.19. The van der Waals surface area contributed by atoms with Gasteiger partial charge in [0.2, 0.25) is 5.82 Å². The summed E-state index contributed by atoms with van der Waals surface area (Å²) in [5.74, 6) is -0.462. The number of hydrogen-bond donors (Lipinski definition) is 1. The molecule has 0 aliphatic rings. The number of hydrogen-bond acceptors (Lipinski definition) is 5. The Morgan fingerprint density at radius 1 is 1.55 bits per heavy atom. The average molecular weight is 280 g/mol. The Bertz CT molecular complexity index is 656. The average Bonchev–Trinajstić information content (AvgIpc) is 2.79. The van der Waals surface area contributed by atoms with Gasteiger partial charge in [0.25, 0.3) is 0 Å². The highest BCUT2D eigenvalue weighted by Gasteiger charge is 2.22. The molecule has 2 N–H and O–H groups in total. The van der Waals surface area contributed by atoms with Gasteiger partial charge in [0.05, 0.1) is 18.1 Å². The van der Waals surface area contributed by atoms with Crippen LogP contribution in [0.25, 0.3) is 0 Å². The highest BCUT2D eigenvalue weighted by Crippen LogP contribution is 2.28. The minimum atomic E-state index is -0.611. The predicted octanol–water partition coefficient (Wildman–Crippen LogP) is 2.13. The number of methoxy groups -OCH3 is 1. The molecule has 0 bridgehead atoms. The first-order valence-corrected chi connectivity index (χ1v) is 5.76.